The molecule has 0 bridgehead atoms. The average Bonchev–Trinajstić information content (AvgIpc) is 2.41. The lowest BCUT2D eigenvalue weighted by Gasteiger charge is -2.49. The highest BCUT2D eigenvalue weighted by Gasteiger charge is 2.54. The maximum atomic E-state index is 12.9. The summed E-state index contributed by atoms with van der Waals surface area (Å²) in [6, 6.07) is 9.94. The lowest BCUT2D eigenvalue weighted by Crippen LogP contribution is -2.57. The SMILES string of the molecule is CCN(CC)C(=O)[C@]1(c2ccccc2)CC[C@@H]1CO. The number of rotatable bonds is 5. The van der Waals surface area contributed by atoms with Crippen molar-refractivity contribution in [3.05, 3.63) is 35.9 Å². The van der Waals surface area contributed by atoms with Gasteiger partial charge in [-0.15, -0.1) is 0 Å². The Labute approximate surface area is 115 Å². The fraction of sp³-hybridized carbons (Fsp3) is 0.562. The van der Waals surface area contributed by atoms with Crippen LogP contribution in [-0.2, 0) is 10.2 Å². The van der Waals surface area contributed by atoms with E-state index >= 15 is 0 Å². The van der Waals surface area contributed by atoms with Gasteiger partial charge in [0, 0.05) is 25.6 Å². The van der Waals surface area contributed by atoms with Crippen molar-refractivity contribution < 1.29 is 9.90 Å². The van der Waals surface area contributed by atoms with Crippen LogP contribution in [0.1, 0.15) is 32.3 Å². The number of nitrogens with zero attached hydrogens (tertiary/aromatic N) is 1. The van der Waals surface area contributed by atoms with E-state index in [0.717, 1.165) is 31.5 Å². The monoisotopic (exact) mass is 261 g/mol. The van der Waals surface area contributed by atoms with Crippen molar-refractivity contribution in [1.82, 2.24) is 4.90 Å². The van der Waals surface area contributed by atoms with Gasteiger partial charge in [0.25, 0.3) is 0 Å². The number of aliphatic hydroxyl groups is 1. The van der Waals surface area contributed by atoms with E-state index in [1.165, 1.54) is 0 Å². The fourth-order valence-corrected chi connectivity index (χ4v) is 3.20. The van der Waals surface area contributed by atoms with E-state index in [2.05, 4.69) is 0 Å². The minimum absolute atomic E-state index is 0.0583. The lowest BCUT2D eigenvalue weighted by molar-refractivity contribution is -0.146. The third kappa shape index (κ3) is 2.16. The van der Waals surface area contributed by atoms with Crippen LogP contribution in [0, 0.1) is 5.92 Å². The van der Waals surface area contributed by atoms with Crippen LogP contribution in [0.2, 0.25) is 0 Å². The zero-order chi connectivity index (χ0) is 13.9. The Morgan fingerprint density at radius 3 is 2.37 bits per heavy atom. The number of carbonyl (C=O) groups is 1. The molecule has 1 aliphatic carbocycles. The molecular formula is C16H23NO2. The Kier molecular flexibility index (Phi) is 4.25. The molecule has 2 atom stereocenters. The Morgan fingerprint density at radius 2 is 1.95 bits per heavy atom. The molecule has 1 aromatic rings. The molecule has 0 spiro atoms. The Bertz CT molecular complexity index is 426. The minimum Gasteiger partial charge on any atom is -0.396 e. The summed E-state index contributed by atoms with van der Waals surface area (Å²) in [5.74, 6) is 0.233. The van der Waals surface area contributed by atoms with E-state index in [4.69, 9.17) is 0 Å². The van der Waals surface area contributed by atoms with Gasteiger partial charge in [0.05, 0.1) is 5.41 Å². The second-order valence-electron chi connectivity index (χ2n) is 5.23. The molecule has 19 heavy (non-hydrogen) atoms. The van der Waals surface area contributed by atoms with Crippen molar-refractivity contribution in [1.29, 1.82) is 0 Å². The van der Waals surface area contributed by atoms with E-state index in [9.17, 15) is 9.90 Å². The first-order chi connectivity index (χ1) is 9.20. The molecule has 1 amide bonds. The normalized spacial score (nSPS) is 25.7. The number of amides is 1. The number of hydrogen-bond donors (Lipinski definition) is 1. The fourth-order valence-electron chi connectivity index (χ4n) is 3.20. The molecule has 0 saturated heterocycles. The third-order valence-electron chi connectivity index (χ3n) is 4.53. The highest BCUT2D eigenvalue weighted by Crippen LogP contribution is 2.49. The molecule has 0 aliphatic heterocycles. The first kappa shape index (κ1) is 14.1. The summed E-state index contributed by atoms with van der Waals surface area (Å²) in [4.78, 5) is 14.8. The summed E-state index contributed by atoms with van der Waals surface area (Å²) in [6.45, 7) is 5.55. The number of likely N-dealkylation sites (N-methyl/N-ethyl adjacent to an activating group) is 1. The van der Waals surface area contributed by atoms with Crippen molar-refractivity contribution in [2.45, 2.75) is 32.1 Å². The van der Waals surface area contributed by atoms with Crippen LogP contribution >= 0.6 is 0 Å². The van der Waals surface area contributed by atoms with Crippen molar-refractivity contribution in [2.75, 3.05) is 19.7 Å². The smallest absolute Gasteiger partial charge is 0.233 e. The van der Waals surface area contributed by atoms with E-state index in [1.54, 1.807) is 0 Å². The van der Waals surface area contributed by atoms with Gasteiger partial charge >= 0.3 is 0 Å². The number of carbonyl (C=O) groups excluding carboxylic acids is 1. The molecule has 0 aromatic heterocycles. The van der Waals surface area contributed by atoms with E-state index in [0.29, 0.717) is 0 Å². The van der Waals surface area contributed by atoms with Gasteiger partial charge in [0.2, 0.25) is 5.91 Å². The van der Waals surface area contributed by atoms with Crippen LogP contribution in [0.4, 0.5) is 0 Å². The van der Waals surface area contributed by atoms with Gasteiger partial charge in [0.15, 0.2) is 0 Å². The molecule has 1 N–H and O–H groups in total. The largest absolute Gasteiger partial charge is 0.396 e. The van der Waals surface area contributed by atoms with Crippen LogP contribution in [0.15, 0.2) is 30.3 Å². The van der Waals surface area contributed by atoms with Crippen molar-refractivity contribution in [3.8, 4) is 0 Å². The summed E-state index contributed by atoms with van der Waals surface area (Å²) in [7, 11) is 0. The van der Waals surface area contributed by atoms with Gasteiger partial charge in [-0.1, -0.05) is 30.3 Å². The van der Waals surface area contributed by atoms with Gasteiger partial charge in [-0.3, -0.25) is 4.79 Å². The summed E-state index contributed by atoms with van der Waals surface area (Å²) >= 11 is 0. The number of hydrogen-bond acceptors (Lipinski definition) is 2. The first-order valence-electron chi connectivity index (χ1n) is 7.16. The standard InChI is InChI=1S/C16H23NO2/c1-3-17(4-2)15(19)16(11-10-14(16)12-18)13-8-6-5-7-9-13/h5-9,14,18H,3-4,10-12H2,1-2H3/t14-,16+/m1/s1. The second-order valence-corrected chi connectivity index (χ2v) is 5.23. The molecule has 0 heterocycles. The number of benzene rings is 1. The van der Waals surface area contributed by atoms with Crippen LogP contribution in [0.3, 0.4) is 0 Å². The second kappa shape index (κ2) is 5.74. The maximum Gasteiger partial charge on any atom is 0.233 e. The highest BCUT2D eigenvalue weighted by molar-refractivity contribution is 5.90. The highest BCUT2D eigenvalue weighted by atomic mass is 16.3. The Balaban J connectivity index is 2.39. The first-order valence-corrected chi connectivity index (χ1v) is 7.16. The van der Waals surface area contributed by atoms with Crippen molar-refractivity contribution >= 4 is 5.91 Å². The molecule has 0 unspecified atom stereocenters. The molecule has 3 heteroatoms. The quantitative estimate of drug-likeness (QED) is 0.882. The topological polar surface area (TPSA) is 40.5 Å². The van der Waals surface area contributed by atoms with Gasteiger partial charge in [-0.05, 0) is 32.3 Å². The Morgan fingerprint density at radius 1 is 1.32 bits per heavy atom. The molecule has 1 aromatic carbocycles. The van der Waals surface area contributed by atoms with Crippen LogP contribution in [0.5, 0.6) is 0 Å². The maximum absolute atomic E-state index is 12.9. The Hall–Kier alpha value is -1.35. The molecule has 1 fully saturated rings. The molecule has 104 valence electrons. The van der Waals surface area contributed by atoms with Gasteiger partial charge in [-0.25, -0.2) is 0 Å². The minimum atomic E-state index is -0.498. The van der Waals surface area contributed by atoms with Gasteiger partial charge < -0.3 is 10.0 Å². The zero-order valence-electron chi connectivity index (χ0n) is 11.8. The van der Waals surface area contributed by atoms with E-state index in [-0.39, 0.29) is 18.4 Å². The predicted molar refractivity (Wildman–Crippen MR) is 75.9 cm³/mol. The summed E-state index contributed by atoms with van der Waals surface area (Å²) in [6.07, 6.45) is 1.77. The average molecular weight is 261 g/mol. The van der Waals surface area contributed by atoms with Crippen LogP contribution in [0.25, 0.3) is 0 Å². The van der Waals surface area contributed by atoms with E-state index < -0.39 is 5.41 Å². The molecule has 3 nitrogen and oxygen atoms in total. The van der Waals surface area contributed by atoms with Gasteiger partial charge in [0.1, 0.15) is 0 Å². The molecule has 0 radical (unpaired) electrons. The van der Waals surface area contributed by atoms with E-state index in [1.807, 2.05) is 49.1 Å². The van der Waals surface area contributed by atoms with Crippen LogP contribution < -0.4 is 0 Å². The van der Waals surface area contributed by atoms with Crippen molar-refractivity contribution in [3.63, 3.8) is 0 Å². The molecule has 1 aliphatic rings. The molecule has 1 saturated carbocycles. The lowest BCUT2D eigenvalue weighted by atomic mass is 9.56. The predicted octanol–water partition coefficient (Wildman–Crippen LogP) is 2.20. The summed E-state index contributed by atoms with van der Waals surface area (Å²) < 4.78 is 0. The molecule has 2 rings (SSSR count). The molecular weight excluding hydrogens is 238 g/mol. The van der Waals surface area contributed by atoms with Gasteiger partial charge in [-0.2, -0.15) is 0 Å². The summed E-state index contributed by atoms with van der Waals surface area (Å²) in [5.41, 5.74) is 0.555. The van der Waals surface area contributed by atoms with Crippen molar-refractivity contribution in [2.24, 2.45) is 5.92 Å². The third-order valence-corrected chi connectivity index (χ3v) is 4.53. The van der Waals surface area contributed by atoms with Crippen LogP contribution in [-0.4, -0.2) is 35.6 Å². The summed E-state index contributed by atoms with van der Waals surface area (Å²) in [5, 5.41) is 9.59. The number of aliphatic hydroxyl groups excluding tert-OH is 1. The zero-order valence-corrected chi connectivity index (χ0v) is 11.8.